The zero-order chi connectivity index (χ0) is 15.4. The molecule has 0 atom stereocenters. The van der Waals surface area contributed by atoms with Crippen LogP contribution in [0.2, 0.25) is 0 Å². The van der Waals surface area contributed by atoms with Crippen molar-refractivity contribution in [1.82, 2.24) is 10.2 Å². The number of rotatable bonds is 3. The fraction of sp³-hybridized carbons (Fsp3) is 0.429. The lowest BCUT2D eigenvalue weighted by molar-refractivity contribution is -0.130. The van der Waals surface area contributed by atoms with Crippen LogP contribution in [0.15, 0.2) is 28.7 Å². The topological polar surface area (TPSA) is 49.4 Å². The third kappa shape index (κ3) is 4.59. The van der Waals surface area contributed by atoms with E-state index < -0.39 is 4.84 Å². The van der Waals surface area contributed by atoms with Crippen molar-refractivity contribution >= 4 is 50.9 Å². The second-order valence-corrected chi connectivity index (χ2v) is 6.89. The van der Waals surface area contributed by atoms with Gasteiger partial charge in [0.15, 0.2) is 4.84 Å². The van der Waals surface area contributed by atoms with Gasteiger partial charge in [-0.3, -0.25) is 9.59 Å². The number of hydrogen-bond donors (Lipinski definition) is 1. The average Bonchev–Trinajstić information content (AvgIpc) is 2.47. The molecule has 0 unspecified atom stereocenters. The van der Waals surface area contributed by atoms with Crippen molar-refractivity contribution in [2.24, 2.45) is 0 Å². The van der Waals surface area contributed by atoms with E-state index in [4.69, 9.17) is 23.2 Å². The molecule has 1 aromatic carbocycles. The highest BCUT2D eigenvalue weighted by molar-refractivity contribution is 9.10. The molecule has 1 N–H and O–H groups in total. The lowest BCUT2D eigenvalue weighted by atomic mass is 10.0. The normalized spacial score (nSPS) is 16.1. The Morgan fingerprint density at radius 3 is 2.29 bits per heavy atom. The highest BCUT2D eigenvalue weighted by atomic mass is 79.9. The molecule has 1 saturated heterocycles. The van der Waals surface area contributed by atoms with Gasteiger partial charge in [0.2, 0.25) is 0 Å². The molecule has 1 fully saturated rings. The van der Waals surface area contributed by atoms with E-state index in [1.807, 2.05) is 12.1 Å². The fourth-order valence-electron chi connectivity index (χ4n) is 2.25. The first-order valence-electron chi connectivity index (χ1n) is 6.60. The maximum Gasteiger partial charge on any atom is 0.255 e. The Labute approximate surface area is 141 Å². The summed E-state index contributed by atoms with van der Waals surface area (Å²) in [5.41, 5.74) is 0.623. The molecule has 21 heavy (non-hydrogen) atoms. The molecule has 1 aliphatic rings. The minimum Gasteiger partial charge on any atom is -0.349 e. The number of likely N-dealkylation sites (tertiary alicyclic amines) is 1. The molecule has 2 rings (SSSR count). The first kappa shape index (κ1) is 16.6. The third-order valence-corrected chi connectivity index (χ3v) is 4.34. The van der Waals surface area contributed by atoms with E-state index in [0.717, 1.165) is 4.47 Å². The van der Waals surface area contributed by atoms with E-state index >= 15 is 0 Å². The van der Waals surface area contributed by atoms with Crippen LogP contribution in [0.4, 0.5) is 0 Å². The third-order valence-electron chi connectivity index (χ3n) is 3.43. The molecular weight excluding hydrogens is 379 g/mol. The number of nitrogens with one attached hydrogen (secondary N) is 1. The number of carbonyl (C=O) groups is 2. The summed E-state index contributed by atoms with van der Waals surface area (Å²) in [7, 11) is 0. The van der Waals surface area contributed by atoms with Crippen LogP contribution in [0.1, 0.15) is 23.2 Å². The predicted molar refractivity (Wildman–Crippen MR) is 86.7 cm³/mol. The molecule has 0 aliphatic carbocycles. The van der Waals surface area contributed by atoms with Gasteiger partial charge in [-0.1, -0.05) is 39.1 Å². The minimum atomic E-state index is -1.01. The SMILES string of the molecule is O=C(NC1CCN(C(=O)C(Cl)Cl)CC1)c1ccc(Br)cc1. The highest BCUT2D eigenvalue weighted by Gasteiger charge is 2.26. The first-order valence-corrected chi connectivity index (χ1v) is 8.27. The summed E-state index contributed by atoms with van der Waals surface area (Å²) in [6.07, 6.45) is 1.41. The fourth-order valence-corrected chi connectivity index (χ4v) is 2.79. The van der Waals surface area contributed by atoms with Gasteiger partial charge in [0.05, 0.1) is 0 Å². The molecule has 2 amide bonds. The Morgan fingerprint density at radius 2 is 1.76 bits per heavy atom. The molecule has 1 aliphatic heterocycles. The average molecular weight is 394 g/mol. The number of piperidine rings is 1. The van der Waals surface area contributed by atoms with Crippen molar-refractivity contribution in [2.45, 2.75) is 23.7 Å². The Morgan fingerprint density at radius 1 is 1.19 bits per heavy atom. The molecule has 0 aromatic heterocycles. The molecule has 0 saturated carbocycles. The van der Waals surface area contributed by atoms with Crippen molar-refractivity contribution < 1.29 is 9.59 Å². The van der Waals surface area contributed by atoms with E-state index in [-0.39, 0.29) is 17.9 Å². The second-order valence-electron chi connectivity index (χ2n) is 4.88. The van der Waals surface area contributed by atoms with Crippen LogP contribution in [-0.4, -0.2) is 40.7 Å². The van der Waals surface area contributed by atoms with Crippen LogP contribution in [0, 0.1) is 0 Å². The standard InChI is InChI=1S/C14H15BrCl2N2O2/c15-10-3-1-9(2-4-10)13(20)18-11-5-7-19(8-6-11)14(21)12(16)17/h1-4,11-12H,5-8H2,(H,18,20). The quantitative estimate of drug-likeness (QED) is 0.802. The Bertz CT molecular complexity index is 514. The van der Waals surface area contributed by atoms with E-state index in [9.17, 15) is 9.59 Å². The van der Waals surface area contributed by atoms with Gasteiger partial charge < -0.3 is 10.2 Å². The molecule has 0 radical (unpaired) electrons. The van der Waals surface area contributed by atoms with Crippen LogP contribution in [0.3, 0.4) is 0 Å². The van der Waals surface area contributed by atoms with Gasteiger partial charge in [0.25, 0.3) is 11.8 Å². The number of alkyl halides is 2. The Hall–Kier alpha value is -0.780. The summed E-state index contributed by atoms with van der Waals surface area (Å²) in [4.78, 5) is 24.4. The second kappa shape index (κ2) is 7.47. The molecule has 0 bridgehead atoms. The lowest BCUT2D eigenvalue weighted by Crippen LogP contribution is -2.47. The summed E-state index contributed by atoms with van der Waals surface area (Å²) in [5.74, 6) is -0.365. The summed E-state index contributed by atoms with van der Waals surface area (Å²) in [5, 5.41) is 2.99. The van der Waals surface area contributed by atoms with Crippen LogP contribution in [0.5, 0.6) is 0 Å². The number of halogens is 3. The van der Waals surface area contributed by atoms with Crippen molar-refractivity contribution in [1.29, 1.82) is 0 Å². The molecule has 1 aromatic rings. The van der Waals surface area contributed by atoms with Crippen LogP contribution < -0.4 is 5.32 Å². The zero-order valence-corrected chi connectivity index (χ0v) is 14.3. The number of hydrogen-bond acceptors (Lipinski definition) is 2. The number of nitrogens with zero attached hydrogens (tertiary/aromatic N) is 1. The number of amides is 2. The maximum atomic E-state index is 12.1. The smallest absolute Gasteiger partial charge is 0.255 e. The summed E-state index contributed by atoms with van der Waals surface area (Å²) < 4.78 is 0.933. The number of benzene rings is 1. The van der Waals surface area contributed by atoms with Crippen molar-refractivity contribution in [3.05, 3.63) is 34.3 Å². The van der Waals surface area contributed by atoms with Gasteiger partial charge >= 0.3 is 0 Å². The first-order chi connectivity index (χ1) is 9.97. The monoisotopic (exact) mass is 392 g/mol. The molecular formula is C14H15BrCl2N2O2. The minimum absolute atomic E-state index is 0.0642. The lowest BCUT2D eigenvalue weighted by Gasteiger charge is -2.32. The van der Waals surface area contributed by atoms with Gasteiger partial charge in [-0.05, 0) is 37.1 Å². The largest absolute Gasteiger partial charge is 0.349 e. The van der Waals surface area contributed by atoms with Crippen molar-refractivity contribution in [3.8, 4) is 0 Å². The van der Waals surface area contributed by atoms with Crippen LogP contribution in [0.25, 0.3) is 0 Å². The molecule has 4 nitrogen and oxygen atoms in total. The van der Waals surface area contributed by atoms with Gasteiger partial charge in [-0.2, -0.15) is 0 Å². The number of carbonyl (C=O) groups excluding carboxylic acids is 2. The maximum absolute atomic E-state index is 12.1. The van der Waals surface area contributed by atoms with Gasteiger partial charge in [-0.15, -0.1) is 0 Å². The summed E-state index contributed by atoms with van der Waals surface area (Å²) in [6.45, 7) is 1.11. The molecule has 0 spiro atoms. The van der Waals surface area contributed by atoms with E-state index in [2.05, 4.69) is 21.2 Å². The summed E-state index contributed by atoms with van der Waals surface area (Å²) in [6, 6.07) is 7.26. The Balaban J connectivity index is 1.84. The van der Waals surface area contributed by atoms with Gasteiger partial charge in [0.1, 0.15) is 0 Å². The van der Waals surface area contributed by atoms with E-state index in [0.29, 0.717) is 31.5 Å². The van der Waals surface area contributed by atoms with E-state index in [1.165, 1.54) is 0 Å². The van der Waals surface area contributed by atoms with Gasteiger partial charge in [0, 0.05) is 29.2 Å². The highest BCUT2D eigenvalue weighted by Crippen LogP contribution is 2.16. The molecule has 1 heterocycles. The molecule has 114 valence electrons. The van der Waals surface area contributed by atoms with Crippen molar-refractivity contribution in [3.63, 3.8) is 0 Å². The summed E-state index contributed by atoms with van der Waals surface area (Å²) >= 11 is 14.5. The van der Waals surface area contributed by atoms with Crippen LogP contribution >= 0.6 is 39.1 Å². The predicted octanol–water partition coefficient (Wildman–Crippen LogP) is 2.97. The van der Waals surface area contributed by atoms with Crippen LogP contribution in [-0.2, 0) is 4.79 Å². The Kier molecular flexibility index (Phi) is 5.90. The van der Waals surface area contributed by atoms with Crippen molar-refractivity contribution in [2.75, 3.05) is 13.1 Å². The zero-order valence-electron chi connectivity index (χ0n) is 11.2. The van der Waals surface area contributed by atoms with E-state index in [1.54, 1.807) is 17.0 Å². The van der Waals surface area contributed by atoms with Gasteiger partial charge in [-0.25, -0.2) is 0 Å². The molecule has 7 heteroatoms.